The summed E-state index contributed by atoms with van der Waals surface area (Å²) in [5.41, 5.74) is 0.556. The minimum absolute atomic E-state index is 0.436. The van der Waals surface area contributed by atoms with Crippen LogP contribution in [0.2, 0.25) is 0 Å². The molecule has 25 heavy (non-hydrogen) atoms. The average Bonchev–Trinajstić information content (AvgIpc) is 2.66. The van der Waals surface area contributed by atoms with Crippen LogP contribution in [0.4, 0.5) is 10.5 Å². The highest BCUT2D eigenvalue weighted by Crippen LogP contribution is 2.29. The average molecular weight is 349 g/mol. The van der Waals surface area contributed by atoms with E-state index in [-0.39, 0.29) is 0 Å². The first kappa shape index (κ1) is 17.9. The molecule has 6 nitrogen and oxygen atoms in total. The Hall–Kier alpha value is -1.95. The van der Waals surface area contributed by atoms with Crippen LogP contribution in [-0.2, 0) is 4.74 Å². The molecule has 138 valence electrons. The first-order chi connectivity index (χ1) is 12.2. The molecule has 2 saturated heterocycles. The molecule has 3 atom stereocenters. The Kier molecular flexibility index (Phi) is 6.02. The van der Waals surface area contributed by atoms with Crippen molar-refractivity contribution < 1.29 is 23.9 Å². The molecule has 2 N–H and O–H groups in total. The van der Waals surface area contributed by atoms with E-state index in [2.05, 4.69) is 5.32 Å². The van der Waals surface area contributed by atoms with Crippen LogP contribution in [0.1, 0.15) is 32.1 Å². The van der Waals surface area contributed by atoms with E-state index in [0.717, 1.165) is 6.42 Å². The molecule has 1 aromatic carbocycles. The van der Waals surface area contributed by atoms with Crippen molar-refractivity contribution in [3.8, 4) is 11.5 Å². The summed E-state index contributed by atoms with van der Waals surface area (Å²) in [7, 11) is 3.16. The van der Waals surface area contributed by atoms with Gasteiger partial charge in [-0.2, -0.15) is 0 Å². The number of piperidine rings is 2. The van der Waals surface area contributed by atoms with Crippen LogP contribution >= 0.6 is 0 Å². The third-order valence-electron chi connectivity index (χ3n) is 5.50. The maximum Gasteiger partial charge on any atom is 0.411 e. The summed E-state index contributed by atoms with van der Waals surface area (Å²) in [5.74, 6) is 1.71. The van der Waals surface area contributed by atoms with Crippen LogP contribution in [0.3, 0.4) is 0 Å². The van der Waals surface area contributed by atoms with E-state index in [1.807, 2.05) is 0 Å². The number of rotatable bonds is 5. The molecule has 0 bridgehead atoms. The van der Waals surface area contributed by atoms with Gasteiger partial charge in [0.15, 0.2) is 0 Å². The highest BCUT2D eigenvalue weighted by molar-refractivity contribution is 5.87. The van der Waals surface area contributed by atoms with E-state index in [4.69, 9.17) is 14.2 Å². The van der Waals surface area contributed by atoms with Crippen LogP contribution in [0.5, 0.6) is 11.5 Å². The molecule has 2 heterocycles. The monoisotopic (exact) mass is 349 g/mol. The number of quaternary nitrogens is 1. The van der Waals surface area contributed by atoms with Crippen LogP contribution < -0.4 is 19.7 Å². The summed E-state index contributed by atoms with van der Waals surface area (Å²) in [6.07, 6.45) is 5.84. The molecule has 2 aliphatic heterocycles. The number of benzene rings is 1. The summed E-state index contributed by atoms with van der Waals surface area (Å²) in [6, 6.07) is 5.94. The smallest absolute Gasteiger partial charge is 0.411 e. The van der Waals surface area contributed by atoms with Crippen molar-refractivity contribution >= 4 is 11.8 Å². The molecule has 6 heteroatoms. The predicted molar refractivity (Wildman–Crippen MR) is 95.6 cm³/mol. The minimum Gasteiger partial charge on any atom is -0.497 e. The minimum atomic E-state index is -0.436. The van der Waals surface area contributed by atoms with E-state index >= 15 is 0 Å². The van der Waals surface area contributed by atoms with Gasteiger partial charge in [-0.3, -0.25) is 5.32 Å². The van der Waals surface area contributed by atoms with Crippen molar-refractivity contribution in [2.45, 2.75) is 38.1 Å². The second-order valence-electron chi connectivity index (χ2n) is 6.95. The first-order valence-electron chi connectivity index (χ1n) is 9.21. The molecule has 0 aliphatic carbocycles. The zero-order valence-electron chi connectivity index (χ0n) is 15.2. The lowest BCUT2D eigenvalue weighted by molar-refractivity contribution is -0.940. The van der Waals surface area contributed by atoms with Crippen LogP contribution in [0, 0.1) is 5.92 Å². The SMILES string of the molecule is COc1ccc(OC)c(NC(=O)OC[C@H]2CCC[NH+]3CCCC[C@H]23)c1. The Labute approximate surface area is 149 Å². The molecular weight excluding hydrogens is 320 g/mol. The Morgan fingerprint density at radius 3 is 2.80 bits per heavy atom. The third kappa shape index (κ3) is 4.37. The van der Waals surface area contributed by atoms with Gasteiger partial charge in [0.25, 0.3) is 0 Å². The Morgan fingerprint density at radius 1 is 1.16 bits per heavy atom. The van der Waals surface area contributed by atoms with Gasteiger partial charge in [0.05, 0.1) is 39.0 Å². The standard InChI is InChI=1S/C19H28N2O4/c1-23-15-8-9-18(24-2)16(12-15)20-19(22)25-13-14-6-5-11-21-10-4-3-7-17(14)21/h8-9,12,14,17H,3-7,10-11,13H2,1-2H3,(H,20,22)/p+1/t14-,17-/m1/s1. The lowest BCUT2D eigenvalue weighted by atomic mass is 9.84. The van der Waals surface area contributed by atoms with Gasteiger partial charge in [-0.05, 0) is 44.2 Å². The van der Waals surface area contributed by atoms with Crippen LogP contribution in [0.25, 0.3) is 0 Å². The van der Waals surface area contributed by atoms with E-state index in [1.54, 1.807) is 37.3 Å². The second-order valence-corrected chi connectivity index (χ2v) is 6.95. The van der Waals surface area contributed by atoms with Gasteiger partial charge < -0.3 is 19.1 Å². The van der Waals surface area contributed by atoms with Crippen LogP contribution in [0.15, 0.2) is 18.2 Å². The van der Waals surface area contributed by atoms with Crippen molar-refractivity contribution in [1.82, 2.24) is 0 Å². The zero-order chi connectivity index (χ0) is 17.6. The number of hydrogen-bond donors (Lipinski definition) is 2. The maximum absolute atomic E-state index is 12.2. The molecule has 2 aliphatic rings. The van der Waals surface area contributed by atoms with Crippen molar-refractivity contribution in [2.24, 2.45) is 5.92 Å². The van der Waals surface area contributed by atoms with Crippen molar-refractivity contribution in [3.05, 3.63) is 18.2 Å². The summed E-state index contributed by atoms with van der Waals surface area (Å²) >= 11 is 0. The van der Waals surface area contributed by atoms with Gasteiger partial charge in [0, 0.05) is 12.0 Å². The predicted octanol–water partition coefficient (Wildman–Crippen LogP) is 2.10. The second kappa shape index (κ2) is 8.43. The maximum atomic E-state index is 12.2. The summed E-state index contributed by atoms with van der Waals surface area (Å²) in [4.78, 5) is 14.0. The summed E-state index contributed by atoms with van der Waals surface area (Å²) < 4.78 is 16.0. The molecule has 1 unspecified atom stereocenters. The number of carbonyl (C=O) groups excluding carboxylic acids is 1. The number of anilines is 1. The fraction of sp³-hybridized carbons (Fsp3) is 0.632. The number of amides is 1. The van der Waals surface area contributed by atoms with E-state index in [9.17, 15) is 4.79 Å². The normalized spacial score (nSPS) is 25.6. The fourth-order valence-corrected chi connectivity index (χ4v) is 4.22. The Bertz CT molecular complexity index is 591. The first-order valence-corrected chi connectivity index (χ1v) is 9.21. The van der Waals surface area contributed by atoms with Crippen molar-refractivity contribution in [3.63, 3.8) is 0 Å². The Morgan fingerprint density at radius 2 is 2.00 bits per heavy atom. The number of hydrogen-bond acceptors (Lipinski definition) is 4. The number of nitrogens with one attached hydrogen (secondary N) is 2. The van der Waals surface area contributed by atoms with Crippen LogP contribution in [-0.4, -0.2) is 46.1 Å². The van der Waals surface area contributed by atoms with E-state index < -0.39 is 6.09 Å². The quantitative estimate of drug-likeness (QED) is 0.855. The molecular formula is C19H29N2O4+. The largest absolute Gasteiger partial charge is 0.497 e. The fourth-order valence-electron chi connectivity index (χ4n) is 4.22. The zero-order valence-corrected chi connectivity index (χ0v) is 15.2. The Balaban J connectivity index is 1.56. The van der Waals surface area contributed by atoms with Crippen molar-refractivity contribution in [2.75, 3.05) is 39.2 Å². The highest BCUT2D eigenvalue weighted by Gasteiger charge is 2.37. The molecule has 1 amide bonds. The van der Waals surface area contributed by atoms with Gasteiger partial charge >= 0.3 is 6.09 Å². The van der Waals surface area contributed by atoms with Gasteiger partial charge in [0.1, 0.15) is 18.1 Å². The lowest BCUT2D eigenvalue weighted by Crippen LogP contribution is -3.18. The molecule has 0 saturated carbocycles. The van der Waals surface area contributed by atoms with Gasteiger partial charge in [0.2, 0.25) is 0 Å². The van der Waals surface area contributed by atoms with E-state index in [1.165, 1.54) is 38.8 Å². The molecule has 0 aromatic heterocycles. The lowest BCUT2D eigenvalue weighted by Gasteiger charge is -2.40. The molecule has 0 radical (unpaired) electrons. The van der Waals surface area contributed by atoms with E-state index in [0.29, 0.717) is 35.8 Å². The highest BCUT2D eigenvalue weighted by atomic mass is 16.5. The van der Waals surface area contributed by atoms with Gasteiger partial charge in [-0.25, -0.2) is 4.79 Å². The number of methoxy groups -OCH3 is 2. The number of ether oxygens (including phenoxy) is 3. The topological polar surface area (TPSA) is 61.2 Å². The number of carbonyl (C=O) groups is 1. The van der Waals surface area contributed by atoms with Gasteiger partial charge in [-0.15, -0.1) is 0 Å². The molecule has 2 fully saturated rings. The number of fused-ring (bicyclic) bond motifs is 1. The molecule has 3 rings (SSSR count). The molecule has 0 spiro atoms. The van der Waals surface area contributed by atoms with Gasteiger partial charge in [-0.1, -0.05) is 0 Å². The third-order valence-corrected chi connectivity index (χ3v) is 5.50. The summed E-state index contributed by atoms with van der Waals surface area (Å²) in [6.45, 7) is 3.04. The van der Waals surface area contributed by atoms with Crippen molar-refractivity contribution in [1.29, 1.82) is 0 Å². The summed E-state index contributed by atoms with van der Waals surface area (Å²) in [5, 5.41) is 2.77. The molecule has 1 aromatic rings.